The first-order valence-corrected chi connectivity index (χ1v) is 7.13. The molecule has 0 bridgehead atoms. The average Bonchev–Trinajstić information content (AvgIpc) is 2.74. The van der Waals surface area contributed by atoms with E-state index < -0.39 is 10.2 Å². The highest BCUT2D eigenvalue weighted by Gasteiger charge is 2.15. The van der Waals surface area contributed by atoms with Crippen LogP contribution in [0.1, 0.15) is 10.4 Å². The molecule has 2 N–H and O–H groups in total. The third kappa shape index (κ3) is 4.11. The van der Waals surface area contributed by atoms with Crippen LogP contribution in [0.4, 0.5) is 0 Å². The number of aliphatic hydroxyl groups excluding tert-OH is 1. The number of rotatable bonds is 4. The zero-order valence-corrected chi connectivity index (χ0v) is 11.2. The second-order valence-corrected chi connectivity index (χ2v) is 6.14. The molecule has 0 saturated heterocycles. The molecule has 1 heterocycles. The van der Waals surface area contributed by atoms with Gasteiger partial charge in [0.2, 0.25) is 0 Å². The summed E-state index contributed by atoms with van der Waals surface area (Å²) >= 11 is 1.42. The predicted octanol–water partition coefficient (Wildman–Crippen LogP) is -0.0121. The Morgan fingerprint density at radius 3 is 2.88 bits per heavy atom. The summed E-state index contributed by atoms with van der Waals surface area (Å²) in [5.74, 6) is 5.32. The molecule has 1 rings (SSSR count). The summed E-state index contributed by atoms with van der Waals surface area (Å²) in [6, 6.07) is 1.81. The van der Waals surface area contributed by atoms with Crippen molar-refractivity contribution in [3.05, 3.63) is 21.9 Å². The summed E-state index contributed by atoms with van der Waals surface area (Å²) in [6.07, 6.45) is 0. The van der Waals surface area contributed by atoms with Crippen molar-refractivity contribution in [1.29, 1.82) is 0 Å². The SMILES string of the molecule is CNS(=O)(=O)N(C)Cc1csc(C#CCO)c1. The van der Waals surface area contributed by atoms with Gasteiger partial charge in [-0.3, -0.25) is 0 Å². The second-order valence-electron chi connectivity index (χ2n) is 3.24. The van der Waals surface area contributed by atoms with Gasteiger partial charge < -0.3 is 5.11 Å². The molecule has 0 unspecified atom stereocenters. The van der Waals surface area contributed by atoms with Crippen LogP contribution in [0, 0.1) is 11.8 Å². The molecule has 0 atom stereocenters. The normalized spacial score (nSPS) is 11.3. The fourth-order valence-corrected chi connectivity index (χ4v) is 2.55. The number of nitrogens with zero attached hydrogens (tertiary/aromatic N) is 1. The quantitative estimate of drug-likeness (QED) is 0.759. The Labute approximate surface area is 105 Å². The van der Waals surface area contributed by atoms with Crippen molar-refractivity contribution in [2.75, 3.05) is 20.7 Å². The minimum absolute atomic E-state index is 0.179. The molecule has 94 valence electrons. The molecule has 0 spiro atoms. The largest absolute Gasteiger partial charge is 0.384 e. The molecule has 0 aromatic carbocycles. The van der Waals surface area contributed by atoms with Crippen LogP contribution in [0.25, 0.3) is 0 Å². The molecule has 0 radical (unpaired) electrons. The van der Waals surface area contributed by atoms with Crippen LogP contribution in [0.5, 0.6) is 0 Å². The van der Waals surface area contributed by atoms with Crippen molar-refractivity contribution in [2.45, 2.75) is 6.54 Å². The molecule has 0 saturated carbocycles. The van der Waals surface area contributed by atoms with Crippen molar-refractivity contribution in [1.82, 2.24) is 9.03 Å². The summed E-state index contributed by atoms with van der Waals surface area (Å²) in [7, 11) is -0.517. The zero-order chi connectivity index (χ0) is 12.9. The van der Waals surface area contributed by atoms with Crippen LogP contribution in [0.3, 0.4) is 0 Å². The van der Waals surface area contributed by atoms with Crippen LogP contribution in [-0.4, -0.2) is 38.5 Å². The highest BCUT2D eigenvalue weighted by atomic mass is 32.2. The van der Waals surface area contributed by atoms with Crippen LogP contribution in [0.2, 0.25) is 0 Å². The molecule has 17 heavy (non-hydrogen) atoms. The summed E-state index contributed by atoms with van der Waals surface area (Å²) in [5.41, 5.74) is 0.874. The first-order valence-electron chi connectivity index (χ1n) is 4.81. The zero-order valence-electron chi connectivity index (χ0n) is 9.60. The van der Waals surface area contributed by atoms with Crippen molar-refractivity contribution in [3.63, 3.8) is 0 Å². The van der Waals surface area contributed by atoms with Crippen molar-refractivity contribution >= 4 is 21.5 Å². The molecule has 0 aliphatic carbocycles. The van der Waals surface area contributed by atoms with Gasteiger partial charge in [-0.2, -0.15) is 12.7 Å². The van der Waals surface area contributed by atoms with E-state index in [0.717, 1.165) is 10.4 Å². The molecule has 0 aliphatic rings. The van der Waals surface area contributed by atoms with Gasteiger partial charge in [0.05, 0.1) is 4.88 Å². The number of nitrogens with one attached hydrogen (secondary N) is 1. The Balaban J connectivity index is 2.73. The third-order valence-corrected chi connectivity index (χ3v) is 4.38. The van der Waals surface area contributed by atoms with Crippen LogP contribution in [-0.2, 0) is 16.8 Å². The van der Waals surface area contributed by atoms with E-state index in [1.165, 1.54) is 29.7 Å². The summed E-state index contributed by atoms with van der Waals surface area (Å²) in [6.45, 7) is 0.113. The number of hydrogen-bond acceptors (Lipinski definition) is 4. The molecular weight excluding hydrogens is 260 g/mol. The van der Waals surface area contributed by atoms with E-state index in [9.17, 15) is 8.42 Å². The maximum Gasteiger partial charge on any atom is 0.279 e. The molecule has 5 nitrogen and oxygen atoms in total. The topological polar surface area (TPSA) is 69.6 Å². The first kappa shape index (κ1) is 14.2. The Kier molecular flexibility index (Phi) is 5.11. The van der Waals surface area contributed by atoms with Crippen molar-refractivity contribution in [2.24, 2.45) is 0 Å². The highest BCUT2D eigenvalue weighted by molar-refractivity contribution is 7.87. The van der Waals surface area contributed by atoms with E-state index in [2.05, 4.69) is 16.6 Å². The molecule has 0 fully saturated rings. The fraction of sp³-hybridized carbons (Fsp3) is 0.400. The number of thiophene rings is 1. The van der Waals surface area contributed by atoms with Crippen molar-refractivity contribution in [3.8, 4) is 11.8 Å². The van der Waals surface area contributed by atoms with Gasteiger partial charge in [-0.1, -0.05) is 11.8 Å². The predicted molar refractivity (Wildman–Crippen MR) is 67.7 cm³/mol. The summed E-state index contributed by atoms with van der Waals surface area (Å²) < 4.78 is 26.3. The van der Waals surface area contributed by atoms with Gasteiger partial charge in [0, 0.05) is 20.6 Å². The monoisotopic (exact) mass is 274 g/mol. The molecule has 0 aliphatic heterocycles. The Hall–Kier alpha value is -0.910. The van der Waals surface area contributed by atoms with Gasteiger partial charge in [0.1, 0.15) is 6.61 Å². The lowest BCUT2D eigenvalue weighted by Crippen LogP contribution is -2.35. The van der Waals surface area contributed by atoms with Gasteiger partial charge in [0.15, 0.2) is 0 Å². The minimum Gasteiger partial charge on any atom is -0.384 e. The maximum atomic E-state index is 11.4. The number of aliphatic hydroxyl groups is 1. The van der Waals surface area contributed by atoms with Crippen LogP contribution < -0.4 is 4.72 Å². The lowest BCUT2D eigenvalue weighted by atomic mass is 10.3. The van der Waals surface area contributed by atoms with Crippen LogP contribution in [0.15, 0.2) is 11.4 Å². The molecule has 1 aromatic rings. The van der Waals surface area contributed by atoms with E-state index in [1.54, 1.807) is 0 Å². The lowest BCUT2D eigenvalue weighted by molar-refractivity contribution is 0.350. The molecule has 0 amide bonds. The third-order valence-electron chi connectivity index (χ3n) is 2.02. The smallest absolute Gasteiger partial charge is 0.279 e. The van der Waals surface area contributed by atoms with Gasteiger partial charge in [-0.05, 0) is 17.0 Å². The Morgan fingerprint density at radius 1 is 1.59 bits per heavy atom. The minimum atomic E-state index is -3.39. The second kappa shape index (κ2) is 6.14. The lowest BCUT2D eigenvalue weighted by Gasteiger charge is -2.14. The molecule has 1 aromatic heterocycles. The standard InChI is InChI=1S/C10H14N2O3S2/c1-11-17(14,15)12(2)7-9-6-10(16-8-9)4-3-5-13/h6,8,11,13H,5,7H2,1-2H3. The van der Waals surface area contributed by atoms with Gasteiger partial charge >= 0.3 is 0 Å². The first-order chi connectivity index (χ1) is 7.99. The van der Waals surface area contributed by atoms with E-state index in [-0.39, 0.29) is 6.61 Å². The van der Waals surface area contributed by atoms with Crippen LogP contribution >= 0.6 is 11.3 Å². The van der Waals surface area contributed by atoms with Crippen molar-refractivity contribution < 1.29 is 13.5 Å². The van der Waals surface area contributed by atoms with E-state index in [4.69, 9.17) is 5.11 Å². The van der Waals surface area contributed by atoms with Gasteiger partial charge in [-0.25, -0.2) is 4.72 Å². The van der Waals surface area contributed by atoms with Gasteiger partial charge in [-0.15, -0.1) is 11.3 Å². The van der Waals surface area contributed by atoms with E-state index in [0.29, 0.717) is 6.54 Å². The summed E-state index contributed by atoms with van der Waals surface area (Å²) in [5, 5.41) is 10.4. The molecule has 7 heteroatoms. The van der Waals surface area contributed by atoms with E-state index in [1.807, 2.05) is 11.4 Å². The van der Waals surface area contributed by atoms with E-state index >= 15 is 0 Å². The van der Waals surface area contributed by atoms with Gasteiger partial charge in [0.25, 0.3) is 10.2 Å². The average molecular weight is 274 g/mol. The highest BCUT2D eigenvalue weighted by Crippen LogP contribution is 2.15. The fourth-order valence-electron chi connectivity index (χ4n) is 1.15. The Bertz CT molecular complexity index is 525. The Morgan fingerprint density at radius 2 is 2.29 bits per heavy atom. The molecular formula is C10H14N2O3S2. The maximum absolute atomic E-state index is 11.4. The summed E-state index contributed by atoms with van der Waals surface area (Å²) in [4.78, 5) is 0.810. The number of hydrogen-bond donors (Lipinski definition) is 2.